The molecule has 1 N–H and O–H groups in total. The number of para-hydroxylation sites is 1. The van der Waals surface area contributed by atoms with E-state index in [4.69, 9.17) is 0 Å². The van der Waals surface area contributed by atoms with E-state index in [2.05, 4.69) is 5.32 Å². The van der Waals surface area contributed by atoms with Crippen LogP contribution in [0.3, 0.4) is 0 Å². The van der Waals surface area contributed by atoms with Crippen LogP contribution in [0.4, 0.5) is 5.69 Å². The van der Waals surface area contributed by atoms with Gasteiger partial charge in [-0.1, -0.05) is 25.1 Å². The first-order valence-electron chi connectivity index (χ1n) is 7.33. The zero-order valence-corrected chi connectivity index (χ0v) is 15.0. The maximum Gasteiger partial charge on any atom is 0.239 e. The highest BCUT2D eigenvalue weighted by Gasteiger charge is 2.31. The topological polar surface area (TPSA) is 66.5 Å². The number of carbonyl (C=O) groups excluding carboxylic acids is 1. The minimum atomic E-state index is -3.46. The maximum atomic E-state index is 12.3. The highest BCUT2D eigenvalue weighted by atomic mass is 32.2. The van der Waals surface area contributed by atoms with Crippen molar-refractivity contribution in [3.05, 3.63) is 29.3 Å². The molecule has 1 aromatic rings. The van der Waals surface area contributed by atoms with E-state index in [1.807, 2.05) is 32.0 Å². The van der Waals surface area contributed by atoms with Crippen molar-refractivity contribution in [3.63, 3.8) is 0 Å². The van der Waals surface area contributed by atoms with Crippen molar-refractivity contribution in [2.45, 2.75) is 46.6 Å². The van der Waals surface area contributed by atoms with Crippen LogP contribution in [0.15, 0.2) is 18.2 Å². The summed E-state index contributed by atoms with van der Waals surface area (Å²) in [7, 11) is -3.46. The summed E-state index contributed by atoms with van der Waals surface area (Å²) in [6.45, 7) is 9.06. The van der Waals surface area contributed by atoms with Crippen LogP contribution >= 0.6 is 0 Å². The quantitative estimate of drug-likeness (QED) is 0.904. The largest absolute Gasteiger partial charge is 0.324 e. The number of sulfonamides is 1. The molecule has 0 aliphatic carbocycles. The first kappa shape index (κ1) is 18.6. The summed E-state index contributed by atoms with van der Waals surface area (Å²) < 4.78 is 25.0. The molecule has 0 fully saturated rings. The Morgan fingerprint density at radius 1 is 1.27 bits per heavy atom. The van der Waals surface area contributed by atoms with Gasteiger partial charge in [0.15, 0.2) is 0 Å². The second kappa shape index (κ2) is 6.79. The van der Waals surface area contributed by atoms with E-state index in [9.17, 15) is 13.2 Å². The summed E-state index contributed by atoms with van der Waals surface area (Å²) in [5, 5.41) is 2.86. The number of rotatable bonds is 5. The van der Waals surface area contributed by atoms with Crippen molar-refractivity contribution >= 4 is 21.6 Å². The Morgan fingerprint density at radius 3 is 2.32 bits per heavy atom. The maximum absolute atomic E-state index is 12.3. The first-order chi connectivity index (χ1) is 9.96. The third kappa shape index (κ3) is 4.81. The lowest BCUT2D eigenvalue weighted by atomic mass is 10.1. The zero-order chi connectivity index (χ0) is 17.1. The van der Waals surface area contributed by atoms with Crippen LogP contribution in [-0.4, -0.2) is 37.0 Å². The van der Waals surface area contributed by atoms with Crippen molar-refractivity contribution < 1.29 is 13.2 Å². The molecular weight excluding hydrogens is 300 g/mol. The highest BCUT2D eigenvalue weighted by Crippen LogP contribution is 2.22. The van der Waals surface area contributed by atoms with Crippen molar-refractivity contribution in [2.24, 2.45) is 0 Å². The van der Waals surface area contributed by atoms with Crippen LogP contribution in [0.2, 0.25) is 0 Å². The SMILES string of the molecule is CCc1cccc(C)c1NC(=O)CN(C(C)(C)C)S(C)(=O)=O. The van der Waals surface area contributed by atoms with Crippen LogP contribution in [0, 0.1) is 6.92 Å². The Morgan fingerprint density at radius 2 is 1.86 bits per heavy atom. The molecule has 0 unspecified atom stereocenters. The lowest BCUT2D eigenvalue weighted by Crippen LogP contribution is -2.48. The van der Waals surface area contributed by atoms with Gasteiger partial charge in [0.05, 0.1) is 12.8 Å². The van der Waals surface area contributed by atoms with E-state index in [1.165, 1.54) is 4.31 Å². The Labute approximate surface area is 133 Å². The molecule has 5 nitrogen and oxygen atoms in total. The third-order valence-corrected chi connectivity index (χ3v) is 4.92. The van der Waals surface area contributed by atoms with Gasteiger partial charge in [-0.05, 0) is 45.2 Å². The Balaban J connectivity index is 3.00. The van der Waals surface area contributed by atoms with Gasteiger partial charge in [0.2, 0.25) is 15.9 Å². The summed E-state index contributed by atoms with van der Waals surface area (Å²) in [5.74, 6) is -0.329. The number of aryl methyl sites for hydroxylation is 2. The molecule has 0 aliphatic heterocycles. The molecular formula is C16H26N2O3S. The monoisotopic (exact) mass is 326 g/mol. The fourth-order valence-electron chi connectivity index (χ4n) is 2.36. The molecule has 0 spiro atoms. The lowest BCUT2D eigenvalue weighted by Gasteiger charge is -2.32. The predicted molar refractivity (Wildman–Crippen MR) is 90.5 cm³/mol. The van der Waals surface area contributed by atoms with Crippen LogP contribution in [0.1, 0.15) is 38.8 Å². The van der Waals surface area contributed by atoms with E-state index >= 15 is 0 Å². The molecule has 22 heavy (non-hydrogen) atoms. The van der Waals surface area contributed by atoms with Gasteiger partial charge in [0.1, 0.15) is 0 Å². The Kier molecular flexibility index (Phi) is 5.76. The van der Waals surface area contributed by atoms with Crippen molar-refractivity contribution in [2.75, 3.05) is 18.1 Å². The van der Waals surface area contributed by atoms with Crippen molar-refractivity contribution in [3.8, 4) is 0 Å². The fourth-order valence-corrected chi connectivity index (χ4v) is 3.71. The summed E-state index contributed by atoms with van der Waals surface area (Å²) in [5.41, 5.74) is 2.13. The van der Waals surface area contributed by atoms with Crippen molar-refractivity contribution in [1.29, 1.82) is 0 Å². The average molecular weight is 326 g/mol. The molecule has 0 aromatic heterocycles. The molecule has 124 valence electrons. The van der Waals surface area contributed by atoms with Gasteiger partial charge in [-0.15, -0.1) is 0 Å². The molecule has 0 radical (unpaired) electrons. The van der Waals surface area contributed by atoms with Gasteiger partial charge in [0.25, 0.3) is 0 Å². The lowest BCUT2D eigenvalue weighted by molar-refractivity contribution is -0.117. The van der Waals surface area contributed by atoms with Crippen LogP contribution < -0.4 is 5.32 Å². The number of carbonyl (C=O) groups is 1. The van der Waals surface area contributed by atoms with Gasteiger partial charge in [-0.25, -0.2) is 8.42 Å². The molecule has 0 saturated heterocycles. The molecule has 0 atom stereocenters. The van der Waals surface area contributed by atoms with E-state index < -0.39 is 15.6 Å². The number of hydrogen-bond acceptors (Lipinski definition) is 3. The van der Waals surface area contributed by atoms with Gasteiger partial charge < -0.3 is 5.32 Å². The summed E-state index contributed by atoms with van der Waals surface area (Å²) in [4.78, 5) is 12.3. The standard InChI is InChI=1S/C16H26N2O3S/c1-7-13-10-8-9-12(2)15(13)17-14(19)11-18(16(3,4)5)22(6,20)21/h8-10H,7,11H2,1-6H3,(H,17,19). The van der Waals surface area contributed by atoms with Gasteiger partial charge in [-0.2, -0.15) is 4.31 Å². The van der Waals surface area contributed by atoms with E-state index in [0.29, 0.717) is 0 Å². The number of amides is 1. The highest BCUT2D eigenvalue weighted by molar-refractivity contribution is 7.88. The minimum absolute atomic E-state index is 0.195. The van der Waals surface area contributed by atoms with Gasteiger partial charge in [-0.3, -0.25) is 4.79 Å². The average Bonchev–Trinajstić information content (AvgIpc) is 2.35. The fraction of sp³-hybridized carbons (Fsp3) is 0.562. The van der Waals surface area contributed by atoms with Gasteiger partial charge in [0, 0.05) is 11.2 Å². The van der Waals surface area contributed by atoms with E-state index in [-0.39, 0.29) is 12.5 Å². The number of nitrogens with zero attached hydrogens (tertiary/aromatic N) is 1. The van der Waals surface area contributed by atoms with E-state index in [0.717, 1.165) is 29.5 Å². The zero-order valence-electron chi connectivity index (χ0n) is 14.2. The Hall–Kier alpha value is -1.40. The molecule has 0 bridgehead atoms. The minimum Gasteiger partial charge on any atom is -0.324 e. The number of hydrogen-bond donors (Lipinski definition) is 1. The summed E-state index contributed by atoms with van der Waals surface area (Å²) in [6.07, 6.45) is 1.92. The van der Waals surface area contributed by atoms with Crippen LogP contribution in [0.25, 0.3) is 0 Å². The van der Waals surface area contributed by atoms with Gasteiger partial charge >= 0.3 is 0 Å². The van der Waals surface area contributed by atoms with Crippen LogP contribution in [0.5, 0.6) is 0 Å². The predicted octanol–water partition coefficient (Wildman–Crippen LogP) is 2.56. The molecule has 0 aliphatic rings. The second-order valence-corrected chi connectivity index (χ2v) is 8.36. The molecule has 0 heterocycles. The summed E-state index contributed by atoms with van der Waals surface area (Å²) in [6, 6.07) is 5.83. The smallest absolute Gasteiger partial charge is 0.239 e. The number of nitrogens with one attached hydrogen (secondary N) is 1. The molecule has 6 heteroatoms. The molecule has 1 rings (SSSR count). The first-order valence-corrected chi connectivity index (χ1v) is 9.17. The Bertz CT molecular complexity index is 646. The number of anilines is 1. The molecule has 1 aromatic carbocycles. The normalized spacial score (nSPS) is 12.5. The second-order valence-electron chi connectivity index (χ2n) is 6.45. The van der Waals surface area contributed by atoms with Crippen LogP contribution in [-0.2, 0) is 21.2 Å². The molecule has 0 saturated carbocycles. The van der Waals surface area contributed by atoms with Crippen molar-refractivity contribution in [1.82, 2.24) is 4.31 Å². The third-order valence-electron chi connectivity index (χ3n) is 3.44. The van der Waals surface area contributed by atoms with E-state index in [1.54, 1.807) is 20.8 Å². The number of benzene rings is 1. The molecule has 1 amide bonds. The summed E-state index contributed by atoms with van der Waals surface area (Å²) >= 11 is 0.